The van der Waals surface area contributed by atoms with Gasteiger partial charge in [-0.15, -0.1) is 0 Å². The van der Waals surface area contributed by atoms with Crippen LogP contribution in [0.4, 0.5) is 0 Å². The van der Waals surface area contributed by atoms with Crippen molar-refractivity contribution < 1.29 is 10.2 Å². The maximum atomic E-state index is 10.2. The van der Waals surface area contributed by atoms with E-state index in [1.165, 1.54) is 32.2 Å². The lowest BCUT2D eigenvalue weighted by Crippen LogP contribution is -2.17. The zero-order chi connectivity index (χ0) is 16.1. The molecule has 22 heavy (non-hydrogen) atoms. The molecule has 0 bridgehead atoms. The Balaban J connectivity index is 1.76. The maximum Gasteiger partial charge on any atom is 0.0692 e. The molecule has 3 nitrogen and oxygen atoms in total. The van der Waals surface area contributed by atoms with Crippen molar-refractivity contribution in [2.75, 3.05) is 20.6 Å². The topological polar surface area (TPSA) is 43.7 Å². The smallest absolute Gasteiger partial charge is 0.0692 e. The van der Waals surface area contributed by atoms with Crippen LogP contribution < -0.4 is 0 Å². The SMILES string of the molecule is C[C@H](O)C=C[C@@H]1[C@H]2CC(CCCCCN(C)C)=C[C@H]2C[C@H]1O. The summed E-state index contributed by atoms with van der Waals surface area (Å²) in [4.78, 5) is 2.25. The Labute approximate surface area is 135 Å². The first-order valence-electron chi connectivity index (χ1n) is 8.86. The largest absolute Gasteiger partial charge is 0.392 e. The van der Waals surface area contributed by atoms with Crippen molar-refractivity contribution in [1.29, 1.82) is 0 Å². The molecule has 2 aliphatic rings. The molecule has 0 aromatic heterocycles. The van der Waals surface area contributed by atoms with Gasteiger partial charge in [0.2, 0.25) is 0 Å². The first-order valence-corrected chi connectivity index (χ1v) is 8.86. The highest BCUT2D eigenvalue weighted by Gasteiger charge is 2.43. The van der Waals surface area contributed by atoms with Gasteiger partial charge < -0.3 is 15.1 Å². The van der Waals surface area contributed by atoms with Crippen LogP contribution in [0.25, 0.3) is 0 Å². The van der Waals surface area contributed by atoms with Crippen LogP contribution in [0.1, 0.15) is 45.4 Å². The Hall–Kier alpha value is -0.640. The standard InChI is InChI=1S/C19H33NO2/c1-14(21)8-9-17-18-12-15(11-16(18)13-19(17)22)7-5-4-6-10-20(2)3/h8-9,11,14,16-19,21-22H,4-7,10,12-13H2,1-3H3/t14-,16-,17+,18-,19+/m0/s1. The number of aliphatic hydroxyl groups is 2. The fourth-order valence-corrected chi connectivity index (χ4v) is 4.04. The summed E-state index contributed by atoms with van der Waals surface area (Å²) in [6, 6.07) is 0. The van der Waals surface area contributed by atoms with E-state index >= 15 is 0 Å². The third kappa shape index (κ3) is 4.94. The lowest BCUT2D eigenvalue weighted by Gasteiger charge is -2.18. The second-order valence-corrected chi connectivity index (χ2v) is 7.48. The summed E-state index contributed by atoms with van der Waals surface area (Å²) in [5, 5.41) is 19.6. The second kappa shape index (κ2) is 8.28. The number of hydrogen-bond donors (Lipinski definition) is 2. The Morgan fingerprint density at radius 3 is 2.77 bits per heavy atom. The summed E-state index contributed by atoms with van der Waals surface area (Å²) in [5.41, 5.74) is 1.60. The van der Waals surface area contributed by atoms with E-state index in [2.05, 4.69) is 25.1 Å². The van der Waals surface area contributed by atoms with Gasteiger partial charge in [0, 0.05) is 5.92 Å². The van der Waals surface area contributed by atoms with Gasteiger partial charge in [-0.2, -0.15) is 0 Å². The zero-order valence-corrected chi connectivity index (χ0v) is 14.4. The minimum absolute atomic E-state index is 0.224. The molecule has 3 heteroatoms. The maximum absolute atomic E-state index is 10.2. The molecule has 0 amide bonds. The van der Waals surface area contributed by atoms with Crippen molar-refractivity contribution >= 4 is 0 Å². The zero-order valence-electron chi connectivity index (χ0n) is 14.4. The Bertz CT molecular complexity index is 400. The van der Waals surface area contributed by atoms with Crippen LogP contribution in [-0.2, 0) is 0 Å². The average Bonchev–Trinajstić information content (AvgIpc) is 2.92. The number of nitrogens with zero attached hydrogens (tertiary/aromatic N) is 1. The lowest BCUT2D eigenvalue weighted by atomic mass is 9.88. The number of unbranched alkanes of at least 4 members (excludes halogenated alkanes) is 2. The van der Waals surface area contributed by atoms with Crippen molar-refractivity contribution in [2.45, 2.75) is 57.7 Å². The van der Waals surface area contributed by atoms with Gasteiger partial charge in [0.25, 0.3) is 0 Å². The Morgan fingerprint density at radius 2 is 2.09 bits per heavy atom. The van der Waals surface area contributed by atoms with E-state index in [1.54, 1.807) is 12.5 Å². The molecule has 0 aromatic rings. The summed E-state index contributed by atoms with van der Waals surface area (Å²) < 4.78 is 0. The molecule has 0 saturated heterocycles. The van der Waals surface area contributed by atoms with Crippen LogP contribution in [0, 0.1) is 17.8 Å². The second-order valence-electron chi connectivity index (χ2n) is 7.48. The van der Waals surface area contributed by atoms with E-state index in [9.17, 15) is 10.2 Å². The minimum atomic E-state index is -0.420. The fraction of sp³-hybridized carbons (Fsp3) is 0.789. The molecule has 1 fully saturated rings. The first kappa shape index (κ1) is 17.7. The van der Waals surface area contributed by atoms with Crippen LogP contribution in [-0.4, -0.2) is 48.0 Å². The van der Waals surface area contributed by atoms with Gasteiger partial charge in [-0.3, -0.25) is 0 Å². The average molecular weight is 307 g/mol. The number of rotatable bonds is 8. The van der Waals surface area contributed by atoms with Crippen LogP contribution >= 0.6 is 0 Å². The third-order valence-electron chi connectivity index (χ3n) is 5.17. The Morgan fingerprint density at radius 1 is 1.32 bits per heavy atom. The van der Waals surface area contributed by atoms with Gasteiger partial charge in [-0.05, 0) is 71.5 Å². The van der Waals surface area contributed by atoms with E-state index < -0.39 is 6.10 Å². The molecule has 126 valence electrons. The van der Waals surface area contributed by atoms with Crippen molar-refractivity contribution in [3.8, 4) is 0 Å². The van der Waals surface area contributed by atoms with E-state index in [0.717, 1.165) is 12.8 Å². The highest BCUT2D eigenvalue weighted by Crippen LogP contribution is 2.48. The quantitative estimate of drug-likeness (QED) is 0.535. The fourth-order valence-electron chi connectivity index (χ4n) is 4.04. The van der Waals surface area contributed by atoms with Gasteiger partial charge >= 0.3 is 0 Å². The van der Waals surface area contributed by atoms with Gasteiger partial charge in [0.15, 0.2) is 0 Å². The van der Waals surface area contributed by atoms with E-state index in [0.29, 0.717) is 11.8 Å². The van der Waals surface area contributed by atoms with Gasteiger partial charge in [-0.1, -0.05) is 30.2 Å². The molecule has 1 saturated carbocycles. The van der Waals surface area contributed by atoms with Crippen molar-refractivity contribution in [1.82, 2.24) is 4.90 Å². The van der Waals surface area contributed by atoms with Crippen LogP contribution in [0.2, 0.25) is 0 Å². The predicted octanol–water partition coefficient (Wildman–Crippen LogP) is 2.99. The van der Waals surface area contributed by atoms with E-state index in [4.69, 9.17) is 0 Å². The number of aliphatic hydroxyl groups excluding tert-OH is 2. The number of allylic oxidation sites excluding steroid dienone is 2. The molecule has 2 rings (SSSR count). The van der Waals surface area contributed by atoms with Crippen LogP contribution in [0.5, 0.6) is 0 Å². The summed E-state index contributed by atoms with van der Waals surface area (Å²) in [5.74, 6) is 1.33. The molecule has 0 aromatic carbocycles. The van der Waals surface area contributed by atoms with Crippen LogP contribution in [0.3, 0.4) is 0 Å². The molecule has 0 radical (unpaired) electrons. The normalized spacial score (nSPS) is 32.7. The van der Waals surface area contributed by atoms with E-state index in [1.807, 2.05) is 12.2 Å². The van der Waals surface area contributed by atoms with E-state index in [-0.39, 0.29) is 12.0 Å². The monoisotopic (exact) mass is 307 g/mol. The molecule has 0 spiro atoms. The van der Waals surface area contributed by atoms with Gasteiger partial charge in [-0.25, -0.2) is 0 Å². The summed E-state index contributed by atoms with van der Waals surface area (Å²) >= 11 is 0. The molecule has 5 atom stereocenters. The summed E-state index contributed by atoms with van der Waals surface area (Å²) in [6.07, 6.45) is 12.8. The van der Waals surface area contributed by atoms with Crippen molar-refractivity contribution in [3.05, 3.63) is 23.8 Å². The highest BCUT2D eigenvalue weighted by molar-refractivity contribution is 5.20. The molecular formula is C19H33NO2. The molecule has 0 heterocycles. The molecular weight excluding hydrogens is 274 g/mol. The molecule has 0 unspecified atom stereocenters. The first-order chi connectivity index (χ1) is 10.5. The molecule has 2 aliphatic carbocycles. The number of fused-ring (bicyclic) bond motifs is 1. The third-order valence-corrected chi connectivity index (χ3v) is 5.17. The minimum Gasteiger partial charge on any atom is -0.392 e. The lowest BCUT2D eigenvalue weighted by molar-refractivity contribution is 0.140. The summed E-state index contributed by atoms with van der Waals surface area (Å²) in [6.45, 7) is 2.95. The van der Waals surface area contributed by atoms with Gasteiger partial charge in [0.1, 0.15) is 0 Å². The predicted molar refractivity (Wildman–Crippen MR) is 91.6 cm³/mol. The number of hydrogen-bond acceptors (Lipinski definition) is 3. The molecule has 2 N–H and O–H groups in total. The van der Waals surface area contributed by atoms with Crippen LogP contribution in [0.15, 0.2) is 23.8 Å². The van der Waals surface area contributed by atoms with Gasteiger partial charge in [0.05, 0.1) is 12.2 Å². The summed E-state index contributed by atoms with van der Waals surface area (Å²) in [7, 11) is 4.26. The van der Waals surface area contributed by atoms with Crippen molar-refractivity contribution in [2.24, 2.45) is 17.8 Å². The van der Waals surface area contributed by atoms with Crippen molar-refractivity contribution in [3.63, 3.8) is 0 Å². The Kier molecular flexibility index (Phi) is 6.66. The highest BCUT2D eigenvalue weighted by atomic mass is 16.3. The molecule has 0 aliphatic heterocycles.